The lowest BCUT2D eigenvalue weighted by Gasteiger charge is -2.31. The summed E-state index contributed by atoms with van der Waals surface area (Å²) in [6, 6.07) is 10.2. The van der Waals surface area contributed by atoms with Crippen LogP contribution in [0.4, 0.5) is 4.39 Å². The minimum atomic E-state index is -3.77. The molecule has 1 fully saturated rings. The maximum Gasteiger partial charge on any atom is 0.243 e. The smallest absolute Gasteiger partial charge is 0.243 e. The number of hydrogen-bond donors (Lipinski definition) is 1. The third-order valence-electron chi connectivity index (χ3n) is 5.39. The van der Waals surface area contributed by atoms with Crippen molar-refractivity contribution >= 4 is 15.9 Å². The molecule has 2 aromatic rings. The van der Waals surface area contributed by atoms with Crippen LogP contribution in [-0.4, -0.2) is 52.5 Å². The van der Waals surface area contributed by atoms with Gasteiger partial charge < -0.3 is 14.8 Å². The third kappa shape index (κ3) is 5.54. The lowest BCUT2D eigenvalue weighted by molar-refractivity contribution is -0.126. The van der Waals surface area contributed by atoms with Crippen molar-refractivity contribution in [2.45, 2.75) is 24.2 Å². The molecule has 1 atom stereocenters. The van der Waals surface area contributed by atoms with Gasteiger partial charge in [-0.25, -0.2) is 12.8 Å². The zero-order chi connectivity index (χ0) is 22.4. The first-order chi connectivity index (χ1) is 14.8. The summed E-state index contributed by atoms with van der Waals surface area (Å²) < 4.78 is 50.7. The summed E-state index contributed by atoms with van der Waals surface area (Å²) in [5.74, 6) is 0.272. The molecule has 1 unspecified atom stereocenters. The van der Waals surface area contributed by atoms with Crippen molar-refractivity contribution in [3.63, 3.8) is 0 Å². The monoisotopic (exact) mass is 450 g/mol. The molecule has 0 spiro atoms. The Kier molecular flexibility index (Phi) is 7.50. The van der Waals surface area contributed by atoms with Crippen molar-refractivity contribution in [2.75, 3.05) is 33.9 Å². The molecule has 31 heavy (non-hydrogen) atoms. The number of carbonyl (C=O) groups excluding carboxylic acids is 1. The quantitative estimate of drug-likeness (QED) is 0.668. The van der Waals surface area contributed by atoms with Gasteiger partial charge in [-0.05, 0) is 55.2 Å². The number of hydrogen-bond acceptors (Lipinski definition) is 5. The van der Waals surface area contributed by atoms with Crippen LogP contribution < -0.4 is 14.8 Å². The predicted octanol–water partition coefficient (Wildman–Crippen LogP) is 2.60. The van der Waals surface area contributed by atoms with Gasteiger partial charge in [0.15, 0.2) is 0 Å². The molecule has 0 aromatic heterocycles. The number of sulfonamides is 1. The van der Waals surface area contributed by atoms with Gasteiger partial charge in [0.25, 0.3) is 0 Å². The summed E-state index contributed by atoms with van der Waals surface area (Å²) in [6.07, 6.45) is 1.78. The second kappa shape index (κ2) is 10.1. The SMILES string of the molecule is COc1ccc(CCNC(=O)C2CCCN(S(=O)(=O)c3ccc(F)cc3)C2)c(OC)c1. The maximum absolute atomic E-state index is 13.1. The van der Waals surface area contributed by atoms with Gasteiger partial charge in [0.2, 0.25) is 15.9 Å². The van der Waals surface area contributed by atoms with E-state index in [4.69, 9.17) is 9.47 Å². The number of piperidine rings is 1. The Morgan fingerprint density at radius 2 is 1.90 bits per heavy atom. The first-order valence-corrected chi connectivity index (χ1v) is 11.5. The highest BCUT2D eigenvalue weighted by Crippen LogP contribution is 2.26. The molecule has 1 heterocycles. The Labute approximate surface area is 182 Å². The van der Waals surface area contributed by atoms with Crippen LogP contribution in [0.2, 0.25) is 0 Å². The highest BCUT2D eigenvalue weighted by molar-refractivity contribution is 7.89. The van der Waals surface area contributed by atoms with Crippen molar-refractivity contribution in [1.82, 2.24) is 9.62 Å². The summed E-state index contributed by atoms with van der Waals surface area (Å²) in [5, 5.41) is 2.90. The molecule has 0 saturated carbocycles. The Morgan fingerprint density at radius 1 is 1.16 bits per heavy atom. The van der Waals surface area contributed by atoms with E-state index in [0.717, 1.165) is 17.7 Å². The second-order valence-electron chi connectivity index (χ2n) is 7.37. The number of methoxy groups -OCH3 is 2. The van der Waals surface area contributed by atoms with Crippen LogP contribution >= 0.6 is 0 Å². The number of rotatable bonds is 8. The lowest BCUT2D eigenvalue weighted by Crippen LogP contribution is -2.45. The van der Waals surface area contributed by atoms with Crippen molar-refractivity contribution < 1.29 is 27.1 Å². The van der Waals surface area contributed by atoms with Gasteiger partial charge in [0.05, 0.1) is 25.0 Å². The van der Waals surface area contributed by atoms with E-state index in [-0.39, 0.29) is 17.3 Å². The molecule has 0 radical (unpaired) electrons. The molecular weight excluding hydrogens is 423 g/mol. The number of carbonyl (C=O) groups is 1. The standard InChI is InChI=1S/C22H27FN2O5S/c1-29-19-8-5-16(21(14-19)30-2)11-12-24-22(26)17-4-3-13-25(15-17)31(27,28)20-9-6-18(23)7-10-20/h5-10,14,17H,3-4,11-13,15H2,1-2H3,(H,24,26). The second-order valence-corrected chi connectivity index (χ2v) is 9.31. The van der Waals surface area contributed by atoms with Gasteiger partial charge in [0, 0.05) is 25.7 Å². The van der Waals surface area contributed by atoms with Crippen molar-refractivity contribution in [2.24, 2.45) is 5.92 Å². The molecule has 3 rings (SSSR count). The molecule has 0 aliphatic carbocycles. The van der Waals surface area contributed by atoms with E-state index < -0.39 is 21.8 Å². The normalized spacial score (nSPS) is 17.2. The van der Waals surface area contributed by atoms with Crippen LogP contribution in [-0.2, 0) is 21.2 Å². The highest BCUT2D eigenvalue weighted by Gasteiger charge is 2.33. The van der Waals surface area contributed by atoms with Crippen LogP contribution in [0, 0.1) is 11.7 Å². The molecule has 1 aliphatic heterocycles. The molecule has 2 aromatic carbocycles. The van der Waals surface area contributed by atoms with Gasteiger partial charge in [0.1, 0.15) is 17.3 Å². The first-order valence-electron chi connectivity index (χ1n) is 10.1. The average molecular weight is 451 g/mol. The number of nitrogens with one attached hydrogen (secondary N) is 1. The summed E-state index contributed by atoms with van der Waals surface area (Å²) in [5.41, 5.74) is 0.938. The fourth-order valence-electron chi connectivity index (χ4n) is 3.65. The number of benzene rings is 2. The molecule has 0 bridgehead atoms. The van der Waals surface area contributed by atoms with Crippen LogP contribution in [0.1, 0.15) is 18.4 Å². The molecule has 1 amide bonds. The summed E-state index contributed by atoms with van der Waals surface area (Å²) in [7, 11) is -0.606. The van der Waals surface area contributed by atoms with Crippen molar-refractivity contribution in [1.29, 1.82) is 0 Å². The summed E-state index contributed by atoms with van der Waals surface area (Å²) in [6.45, 7) is 0.854. The topological polar surface area (TPSA) is 84.9 Å². The van der Waals surface area contributed by atoms with Crippen molar-refractivity contribution in [3.05, 3.63) is 53.8 Å². The van der Waals surface area contributed by atoms with E-state index in [1.807, 2.05) is 12.1 Å². The van der Waals surface area contributed by atoms with E-state index in [2.05, 4.69) is 5.32 Å². The van der Waals surface area contributed by atoms with E-state index in [1.54, 1.807) is 20.3 Å². The van der Waals surface area contributed by atoms with E-state index >= 15 is 0 Å². The molecule has 1 saturated heterocycles. The fourth-order valence-corrected chi connectivity index (χ4v) is 5.18. The van der Waals surface area contributed by atoms with Crippen molar-refractivity contribution in [3.8, 4) is 11.5 Å². The number of nitrogens with zero attached hydrogens (tertiary/aromatic N) is 1. The average Bonchev–Trinajstić information content (AvgIpc) is 2.79. The van der Waals surface area contributed by atoms with Crippen LogP contribution in [0.3, 0.4) is 0 Å². The Hall–Kier alpha value is -2.65. The van der Waals surface area contributed by atoms with Crippen LogP contribution in [0.15, 0.2) is 47.4 Å². The number of halogens is 1. The minimum Gasteiger partial charge on any atom is -0.497 e. The van der Waals surface area contributed by atoms with Crippen LogP contribution in [0.5, 0.6) is 11.5 Å². The maximum atomic E-state index is 13.1. The van der Waals surface area contributed by atoms with Gasteiger partial charge >= 0.3 is 0 Å². The van der Waals surface area contributed by atoms with E-state index in [0.29, 0.717) is 43.9 Å². The third-order valence-corrected chi connectivity index (χ3v) is 7.27. The zero-order valence-corrected chi connectivity index (χ0v) is 18.5. The van der Waals surface area contributed by atoms with Gasteiger partial charge in [-0.3, -0.25) is 4.79 Å². The molecular formula is C22H27FN2O5S. The zero-order valence-electron chi connectivity index (χ0n) is 17.6. The van der Waals surface area contributed by atoms with E-state index in [9.17, 15) is 17.6 Å². The van der Waals surface area contributed by atoms with Crippen LogP contribution in [0.25, 0.3) is 0 Å². The van der Waals surface area contributed by atoms with Gasteiger partial charge in [-0.1, -0.05) is 6.07 Å². The summed E-state index contributed by atoms with van der Waals surface area (Å²) >= 11 is 0. The van der Waals surface area contributed by atoms with E-state index in [1.165, 1.54) is 16.4 Å². The Morgan fingerprint density at radius 3 is 2.58 bits per heavy atom. The highest BCUT2D eigenvalue weighted by atomic mass is 32.2. The lowest BCUT2D eigenvalue weighted by atomic mass is 9.98. The number of ether oxygens (including phenoxy) is 2. The minimum absolute atomic E-state index is 0.0292. The number of amides is 1. The summed E-state index contributed by atoms with van der Waals surface area (Å²) in [4.78, 5) is 12.7. The first kappa shape index (κ1) is 23.0. The largest absolute Gasteiger partial charge is 0.497 e. The molecule has 1 aliphatic rings. The van der Waals surface area contributed by atoms with Gasteiger partial charge in [-0.2, -0.15) is 4.31 Å². The molecule has 7 nitrogen and oxygen atoms in total. The van der Waals surface area contributed by atoms with Gasteiger partial charge in [-0.15, -0.1) is 0 Å². The predicted molar refractivity (Wildman–Crippen MR) is 114 cm³/mol. The Bertz CT molecular complexity index is 1010. The molecule has 9 heteroatoms. The molecule has 168 valence electrons. The fraction of sp³-hybridized carbons (Fsp3) is 0.409. The Balaban J connectivity index is 1.58. The molecule has 1 N–H and O–H groups in total.